The Hall–Kier alpha value is -2.11. The monoisotopic (exact) mass is 160 g/mol. The van der Waals surface area contributed by atoms with Crippen LogP contribution in [-0.2, 0) is 4.79 Å². The van der Waals surface area contributed by atoms with Gasteiger partial charge in [-0.1, -0.05) is 0 Å². The highest BCUT2D eigenvalue weighted by Crippen LogP contribution is 2.22. The number of phenols is 1. The van der Waals surface area contributed by atoms with Gasteiger partial charge in [0.2, 0.25) is 6.08 Å². The van der Waals surface area contributed by atoms with Crippen LogP contribution >= 0.6 is 0 Å². The Bertz CT molecular complexity index is 387. The van der Waals surface area contributed by atoms with E-state index in [4.69, 9.17) is 10.4 Å². The Kier molecular flexibility index (Phi) is 2.22. The van der Waals surface area contributed by atoms with Crippen molar-refractivity contribution in [3.05, 3.63) is 23.8 Å². The smallest absolute Gasteiger partial charge is 0.240 e. The lowest BCUT2D eigenvalue weighted by Crippen LogP contribution is -1.75. The van der Waals surface area contributed by atoms with Gasteiger partial charge in [0, 0.05) is 0 Å². The van der Waals surface area contributed by atoms with Gasteiger partial charge >= 0.3 is 0 Å². The topological polar surface area (TPSA) is 73.4 Å². The van der Waals surface area contributed by atoms with Crippen molar-refractivity contribution in [1.82, 2.24) is 0 Å². The average Bonchev–Trinajstić information content (AvgIpc) is 2.08. The first-order valence-corrected chi connectivity index (χ1v) is 3.09. The lowest BCUT2D eigenvalue weighted by molar-refractivity contribution is 0.475. The van der Waals surface area contributed by atoms with Crippen LogP contribution in [0.25, 0.3) is 0 Å². The summed E-state index contributed by atoms with van der Waals surface area (Å²) in [6.07, 6.45) is 1.32. The first kappa shape index (κ1) is 7.99. The van der Waals surface area contributed by atoms with Crippen LogP contribution < -0.4 is 0 Å². The van der Waals surface area contributed by atoms with Gasteiger partial charge < -0.3 is 5.11 Å². The second kappa shape index (κ2) is 3.33. The van der Waals surface area contributed by atoms with Gasteiger partial charge in [-0.2, -0.15) is 10.3 Å². The Labute approximate surface area is 68.4 Å². The van der Waals surface area contributed by atoms with E-state index in [1.165, 1.54) is 24.3 Å². The normalized spacial score (nSPS) is 8.25. The molecule has 0 bridgehead atoms. The molecule has 0 aromatic heterocycles. The van der Waals surface area contributed by atoms with Crippen molar-refractivity contribution >= 4 is 11.8 Å². The van der Waals surface area contributed by atoms with E-state index in [0.29, 0.717) is 0 Å². The predicted octanol–water partition coefficient (Wildman–Crippen LogP) is 1.23. The van der Waals surface area contributed by atoms with Gasteiger partial charge in [0.1, 0.15) is 11.8 Å². The molecule has 1 N–H and O–H groups in total. The quantitative estimate of drug-likeness (QED) is 0.496. The highest BCUT2D eigenvalue weighted by Gasteiger charge is 2.00. The zero-order valence-electron chi connectivity index (χ0n) is 5.98. The summed E-state index contributed by atoms with van der Waals surface area (Å²) in [5.74, 6) is -0.0311. The maximum atomic E-state index is 9.86. The van der Waals surface area contributed by atoms with Crippen LogP contribution in [0.4, 0.5) is 5.69 Å². The molecule has 4 nitrogen and oxygen atoms in total. The summed E-state index contributed by atoms with van der Waals surface area (Å²) in [5, 5.41) is 17.5. The van der Waals surface area contributed by atoms with Gasteiger partial charge in [-0.05, 0) is 18.2 Å². The van der Waals surface area contributed by atoms with E-state index in [1.807, 2.05) is 0 Å². The van der Waals surface area contributed by atoms with Crippen molar-refractivity contribution < 1.29 is 9.90 Å². The van der Waals surface area contributed by atoms with E-state index in [1.54, 1.807) is 6.07 Å². The first-order chi connectivity index (χ1) is 5.77. The maximum Gasteiger partial charge on any atom is 0.240 e. The molecule has 0 atom stereocenters. The fraction of sp³-hybridized carbons (Fsp3) is 0. The van der Waals surface area contributed by atoms with E-state index < -0.39 is 0 Å². The Morgan fingerprint density at radius 2 is 2.25 bits per heavy atom. The van der Waals surface area contributed by atoms with E-state index in [9.17, 15) is 4.79 Å². The molecule has 0 unspecified atom stereocenters. The molecule has 58 valence electrons. The van der Waals surface area contributed by atoms with Gasteiger partial charge in [-0.25, -0.2) is 4.79 Å². The number of benzene rings is 1. The maximum absolute atomic E-state index is 9.86. The van der Waals surface area contributed by atoms with Crippen molar-refractivity contribution in [3.8, 4) is 11.8 Å². The SMILES string of the molecule is N#Cc1cc(O)ccc1N=C=O. The Morgan fingerprint density at radius 1 is 1.50 bits per heavy atom. The minimum Gasteiger partial charge on any atom is -0.508 e. The molecule has 0 fully saturated rings. The molecule has 1 aromatic rings. The summed E-state index contributed by atoms with van der Waals surface area (Å²) >= 11 is 0. The van der Waals surface area contributed by atoms with E-state index in [2.05, 4.69) is 4.99 Å². The van der Waals surface area contributed by atoms with Gasteiger partial charge in [0.25, 0.3) is 0 Å². The molecular weight excluding hydrogens is 156 g/mol. The lowest BCUT2D eigenvalue weighted by Gasteiger charge is -1.94. The summed E-state index contributed by atoms with van der Waals surface area (Å²) < 4.78 is 0. The summed E-state index contributed by atoms with van der Waals surface area (Å²) in [6.45, 7) is 0. The van der Waals surface area contributed by atoms with Crippen molar-refractivity contribution in [2.45, 2.75) is 0 Å². The highest BCUT2D eigenvalue weighted by molar-refractivity contribution is 5.60. The molecule has 0 spiro atoms. The van der Waals surface area contributed by atoms with Crippen LogP contribution in [-0.4, -0.2) is 11.2 Å². The molecule has 0 aliphatic carbocycles. The first-order valence-electron chi connectivity index (χ1n) is 3.09. The number of carbonyl (C=O) groups excluding carboxylic acids is 1. The molecular formula is C8H4N2O2. The lowest BCUT2D eigenvalue weighted by atomic mass is 10.2. The Balaban J connectivity index is 3.31. The summed E-state index contributed by atoms with van der Waals surface area (Å²) in [6, 6.07) is 5.74. The van der Waals surface area contributed by atoms with Gasteiger partial charge in [-0.3, -0.25) is 0 Å². The minimum atomic E-state index is -0.0311. The summed E-state index contributed by atoms with van der Waals surface area (Å²) in [4.78, 5) is 13.1. The predicted molar refractivity (Wildman–Crippen MR) is 40.6 cm³/mol. The molecule has 1 aromatic carbocycles. The Morgan fingerprint density at radius 3 is 2.83 bits per heavy atom. The second-order valence-corrected chi connectivity index (χ2v) is 2.02. The molecule has 0 aliphatic rings. The number of nitriles is 1. The van der Waals surface area contributed by atoms with E-state index in [-0.39, 0.29) is 17.0 Å². The second-order valence-electron chi connectivity index (χ2n) is 2.02. The zero-order valence-corrected chi connectivity index (χ0v) is 5.98. The molecule has 0 saturated heterocycles. The van der Waals surface area contributed by atoms with E-state index >= 15 is 0 Å². The fourth-order valence-electron chi connectivity index (χ4n) is 0.760. The van der Waals surface area contributed by atoms with Crippen molar-refractivity contribution in [2.75, 3.05) is 0 Å². The third kappa shape index (κ3) is 1.48. The van der Waals surface area contributed by atoms with Gasteiger partial charge in [0.15, 0.2) is 0 Å². The number of phenolic OH excluding ortho intramolecular Hbond substituents is 1. The molecule has 0 amide bonds. The number of rotatable bonds is 1. The minimum absolute atomic E-state index is 0.0311. The van der Waals surface area contributed by atoms with E-state index in [0.717, 1.165) is 0 Å². The molecule has 0 radical (unpaired) electrons. The largest absolute Gasteiger partial charge is 0.508 e. The van der Waals surface area contributed by atoms with Crippen molar-refractivity contribution in [1.29, 1.82) is 5.26 Å². The van der Waals surface area contributed by atoms with Crippen LogP contribution in [0.1, 0.15) is 5.56 Å². The summed E-state index contributed by atoms with van der Waals surface area (Å²) in [7, 11) is 0. The summed E-state index contributed by atoms with van der Waals surface area (Å²) in [5.41, 5.74) is 0.364. The molecule has 4 heteroatoms. The van der Waals surface area contributed by atoms with Crippen molar-refractivity contribution in [2.24, 2.45) is 4.99 Å². The zero-order chi connectivity index (χ0) is 8.97. The molecule has 0 saturated carbocycles. The number of isocyanates is 1. The average molecular weight is 160 g/mol. The highest BCUT2D eigenvalue weighted by atomic mass is 16.3. The molecule has 12 heavy (non-hydrogen) atoms. The third-order valence-electron chi connectivity index (χ3n) is 1.27. The van der Waals surface area contributed by atoms with Crippen LogP contribution in [0.2, 0.25) is 0 Å². The standard InChI is InChI=1S/C8H4N2O2/c9-4-6-3-7(12)1-2-8(6)10-5-11/h1-3,12H. The van der Waals surface area contributed by atoms with Crippen LogP contribution in [0.3, 0.4) is 0 Å². The van der Waals surface area contributed by atoms with Crippen molar-refractivity contribution in [3.63, 3.8) is 0 Å². The fourth-order valence-corrected chi connectivity index (χ4v) is 0.760. The van der Waals surface area contributed by atoms with Crippen LogP contribution in [0.15, 0.2) is 23.2 Å². The number of aromatic hydroxyl groups is 1. The van der Waals surface area contributed by atoms with Crippen LogP contribution in [0, 0.1) is 11.3 Å². The van der Waals surface area contributed by atoms with Gasteiger partial charge in [-0.15, -0.1) is 0 Å². The molecule has 1 rings (SSSR count). The third-order valence-corrected chi connectivity index (χ3v) is 1.27. The number of hydrogen-bond donors (Lipinski definition) is 1. The molecule has 0 heterocycles. The van der Waals surface area contributed by atoms with Crippen LogP contribution in [0.5, 0.6) is 5.75 Å². The van der Waals surface area contributed by atoms with Gasteiger partial charge in [0.05, 0.1) is 11.3 Å². The molecule has 0 aliphatic heterocycles. The number of hydrogen-bond acceptors (Lipinski definition) is 4. The number of aliphatic imine (C=N–C) groups is 1. The number of nitrogens with zero attached hydrogens (tertiary/aromatic N) is 2.